The molecular weight excluding hydrogens is 440 g/mol. The fraction of sp³-hybridized carbons (Fsp3) is 0.231. The summed E-state index contributed by atoms with van der Waals surface area (Å²) in [5.74, 6) is 0.998. The molecule has 0 fully saturated rings. The van der Waals surface area contributed by atoms with Crippen molar-refractivity contribution < 1.29 is 18.7 Å². The van der Waals surface area contributed by atoms with Crippen LogP contribution in [0.2, 0.25) is 5.02 Å². The van der Waals surface area contributed by atoms with Crippen LogP contribution in [0.15, 0.2) is 64.9 Å². The van der Waals surface area contributed by atoms with Crippen LogP contribution in [0.4, 0.5) is 0 Å². The molecule has 0 bridgehead atoms. The van der Waals surface area contributed by atoms with E-state index in [4.69, 9.17) is 25.5 Å². The van der Waals surface area contributed by atoms with Gasteiger partial charge in [0.25, 0.3) is 0 Å². The quantitative estimate of drug-likeness (QED) is 0.175. The van der Waals surface area contributed by atoms with Crippen molar-refractivity contribution in [3.8, 4) is 11.5 Å². The van der Waals surface area contributed by atoms with Crippen LogP contribution in [-0.2, 0) is 20.8 Å². The lowest BCUT2D eigenvalue weighted by Crippen LogP contribution is -2.10. The molecule has 0 aliphatic rings. The third kappa shape index (κ3) is 4.96. The van der Waals surface area contributed by atoms with Gasteiger partial charge in [0, 0.05) is 17.1 Å². The van der Waals surface area contributed by atoms with Crippen molar-refractivity contribution in [3.05, 3.63) is 82.5 Å². The second kappa shape index (κ2) is 9.96. The van der Waals surface area contributed by atoms with Gasteiger partial charge in [0.2, 0.25) is 11.6 Å². The van der Waals surface area contributed by atoms with Crippen LogP contribution in [-0.4, -0.2) is 28.7 Å². The highest BCUT2D eigenvalue weighted by molar-refractivity contribution is 6.33. The van der Waals surface area contributed by atoms with Gasteiger partial charge in [-0.15, -0.1) is 0 Å². The molecule has 0 aliphatic carbocycles. The summed E-state index contributed by atoms with van der Waals surface area (Å²) in [5.41, 5.74) is 3.51. The third-order valence-electron chi connectivity index (χ3n) is 5.19. The Balaban J connectivity index is 1.60. The van der Waals surface area contributed by atoms with E-state index in [1.807, 2.05) is 68.6 Å². The summed E-state index contributed by atoms with van der Waals surface area (Å²) in [6, 6.07) is 15.5. The maximum absolute atomic E-state index is 12.1. The number of carbonyl (C=O) groups excluding carboxylic acids is 1. The number of aromatic nitrogens is 2. The highest BCUT2D eigenvalue weighted by Crippen LogP contribution is 2.29. The lowest BCUT2D eigenvalue weighted by molar-refractivity contribution is -0.142. The minimum atomic E-state index is -0.465. The van der Waals surface area contributed by atoms with E-state index < -0.39 is 5.97 Å². The summed E-state index contributed by atoms with van der Waals surface area (Å²) in [6.45, 7) is 6.75. The summed E-state index contributed by atoms with van der Waals surface area (Å²) in [4.78, 5) is 16.8. The molecule has 4 rings (SSSR count). The number of halogens is 1. The number of hydrogen-bond acceptors (Lipinski definition) is 5. The highest BCUT2D eigenvalue weighted by Gasteiger charge is 2.15. The molecule has 4 aromatic rings. The van der Waals surface area contributed by atoms with Gasteiger partial charge in [-0.1, -0.05) is 29.8 Å². The Morgan fingerprint density at radius 3 is 2.67 bits per heavy atom. The Morgan fingerprint density at radius 2 is 1.91 bits per heavy atom. The Labute approximate surface area is 197 Å². The zero-order valence-electron chi connectivity index (χ0n) is 18.8. The minimum Gasteiger partial charge on any atom is -0.487 e. The second-order valence-corrected chi connectivity index (χ2v) is 7.83. The number of aryl methyl sites for hydroxylation is 1. The van der Waals surface area contributed by atoms with Crippen molar-refractivity contribution in [2.24, 2.45) is 0 Å². The second-order valence-electron chi connectivity index (χ2n) is 7.43. The first-order valence-corrected chi connectivity index (χ1v) is 11.2. The number of rotatable bonds is 8. The molecule has 0 saturated carbocycles. The fourth-order valence-corrected chi connectivity index (χ4v) is 3.82. The van der Waals surface area contributed by atoms with Gasteiger partial charge in [0.1, 0.15) is 11.5 Å². The van der Waals surface area contributed by atoms with Gasteiger partial charge in [-0.25, -0.2) is 9.78 Å². The fourth-order valence-electron chi connectivity index (χ4n) is 3.60. The molecule has 0 radical (unpaired) electrons. The number of oxazole rings is 1. The van der Waals surface area contributed by atoms with E-state index in [0.717, 1.165) is 33.5 Å². The van der Waals surface area contributed by atoms with Crippen molar-refractivity contribution in [1.29, 1.82) is 0 Å². The van der Waals surface area contributed by atoms with Crippen LogP contribution in [0, 0.1) is 6.92 Å². The molecule has 7 heteroatoms. The number of benzene rings is 2. The first-order chi connectivity index (χ1) is 16.0. The predicted octanol–water partition coefficient (Wildman–Crippen LogP) is 6.25. The molecule has 2 heterocycles. The average Bonchev–Trinajstić information content (AvgIpc) is 3.37. The van der Waals surface area contributed by atoms with Crippen LogP contribution < -0.4 is 0 Å². The van der Waals surface area contributed by atoms with Crippen LogP contribution >= 0.6 is 11.6 Å². The number of carbonyl (C=O) groups is 1. The van der Waals surface area contributed by atoms with Gasteiger partial charge in [0.05, 0.1) is 30.3 Å². The molecule has 2 aromatic heterocycles. The molecule has 0 aliphatic heterocycles. The average molecular weight is 465 g/mol. The molecule has 0 saturated heterocycles. The molecule has 0 atom stereocenters. The summed E-state index contributed by atoms with van der Waals surface area (Å²) in [7, 11) is 0. The van der Waals surface area contributed by atoms with Crippen molar-refractivity contribution in [1.82, 2.24) is 9.55 Å². The third-order valence-corrected chi connectivity index (χ3v) is 5.52. The largest absolute Gasteiger partial charge is 0.487 e. The monoisotopic (exact) mass is 464 g/mol. The topological polar surface area (TPSA) is 66.5 Å². The van der Waals surface area contributed by atoms with Gasteiger partial charge in [-0.3, -0.25) is 0 Å². The number of fused-ring (bicyclic) bond motifs is 1. The van der Waals surface area contributed by atoms with Crippen molar-refractivity contribution in [3.63, 3.8) is 0 Å². The SMILES string of the molecule is CCOC(=O)/C(=C/c1ccc2c(ccn2Cc2nc(-c3ccccc3Cl)oc2C)c1)OCC. The Morgan fingerprint density at radius 1 is 1.12 bits per heavy atom. The normalized spacial score (nSPS) is 11.7. The predicted molar refractivity (Wildman–Crippen MR) is 129 cm³/mol. The highest BCUT2D eigenvalue weighted by atomic mass is 35.5. The molecule has 0 amide bonds. The molecule has 6 nitrogen and oxygen atoms in total. The van der Waals surface area contributed by atoms with Crippen molar-refractivity contribution >= 4 is 34.5 Å². The van der Waals surface area contributed by atoms with Crippen molar-refractivity contribution in [2.75, 3.05) is 13.2 Å². The van der Waals surface area contributed by atoms with E-state index in [0.29, 0.717) is 30.7 Å². The number of ether oxygens (including phenoxy) is 2. The number of hydrogen-bond donors (Lipinski definition) is 0. The van der Waals surface area contributed by atoms with Crippen LogP contribution in [0.5, 0.6) is 0 Å². The lowest BCUT2D eigenvalue weighted by atomic mass is 10.1. The van der Waals surface area contributed by atoms with E-state index in [-0.39, 0.29) is 5.76 Å². The van der Waals surface area contributed by atoms with Crippen LogP contribution in [0.25, 0.3) is 28.4 Å². The maximum Gasteiger partial charge on any atom is 0.373 e. The Kier molecular flexibility index (Phi) is 6.84. The van der Waals surface area contributed by atoms with E-state index in [1.54, 1.807) is 13.0 Å². The molecule has 0 unspecified atom stereocenters. The summed E-state index contributed by atoms with van der Waals surface area (Å²) >= 11 is 6.30. The summed E-state index contributed by atoms with van der Waals surface area (Å²) in [6.07, 6.45) is 3.71. The molecular formula is C26H25ClN2O4. The first kappa shape index (κ1) is 22.7. The molecule has 0 N–H and O–H groups in total. The van der Waals surface area contributed by atoms with Gasteiger partial charge < -0.3 is 18.5 Å². The zero-order chi connectivity index (χ0) is 23.4. The number of esters is 1. The van der Waals surface area contributed by atoms with E-state index in [2.05, 4.69) is 9.55 Å². The minimum absolute atomic E-state index is 0.198. The zero-order valence-corrected chi connectivity index (χ0v) is 19.6. The molecule has 170 valence electrons. The smallest absolute Gasteiger partial charge is 0.373 e. The van der Waals surface area contributed by atoms with E-state index in [1.165, 1.54) is 0 Å². The molecule has 2 aromatic carbocycles. The lowest BCUT2D eigenvalue weighted by Gasteiger charge is -2.08. The van der Waals surface area contributed by atoms with E-state index >= 15 is 0 Å². The maximum atomic E-state index is 12.1. The summed E-state index contributed by atoms with van der Waals surface area (Å²) < 4.78 is 18.6. The first-order valence-electron chi connectivity index (χ1n) is 10.8. The van der Waals surface area contributed by atoms with Gasteiger partial charge in [-0.05, 0) is 62.7 Å². The van der Waals surface area contributed by atoms with Gasteiger partial charge >= 0.3 is 5.97 Å². The Bertz CT molecular complexity index is 1320. The van der Waals surface area contributed by atoms with Gasteiger partial charge in [0.15, 0.2) is 0 Å². The molecule has 33 heavy (non-hydrogen) atoms. The van der Waals surface area contributed by atoms with E-state index in [9.17, 15) is 4.79 Å². The molecule has 0 spiro atoms. The summed E-state index contributed by atoms with van der Waals surface area (Å²) in [5, 5.41) is 1.64. The van der Waals surface area contributed by atoms with Gasteiger partial charge in [-0.2, -0.15) is 0 Å². The Hall–Kier alpha value is -3.51. The van der Waals surface area contributed by atoms with Crippen LogP contribution in [0.3, 0.4) is 0 Å². The van der Waals surface area contributed by atoms with Crippen molar-refractivity contribution in [2.45, 2.75) is 27.3 Å². The standard InChI is InChI=1S/C26H25ClN2O4/c1-4-31-24(26(30)32-5-2)15-18-10-11-23-19(14-18)12-13-29(23)16-22-17(3)33-25(28-22)20-8-6-7-9-21(20)27/h6-15H,4-5,16H2,1-3H3/b24-15-. The van der Waals surface area contributed by atoms with Crippen LogP contribution in [0.1, 0.15) is 30.9 Å². The number of nitrogens with zero attached hydrogens (tertiary/aromatic N) is 2.